The van der Waals surface area contributed by atoms with Crippen LogP contribution in [0.3, 0.4) is 0 Å². The predicted molar refractivity (Wildman–Crippen MR) is 177 cm³/mol. The molecule has 2 aromatic carbocycles. The van der Waals surface area contributed by atoms with Crippen molar-refractivity contribution in [3.8, 4) is 0 Å². The van der Waals surface area contributed by atoms with E-state index in [9.17, 15) is 39.0 Å². The maximum atomic E-state index is 14.1. The van der Waals surface area contributed by atoms with Gasteiger partial charge in [-0.15, -0.1) is 23.5 Å². The van der Waals surface area contributed by atoms with Crippen molar-refractivity contribution in [2.45, 2.75) is 84.2 Å². The van der Waals surface area contributed by atoms with E-state index in [0.29, 0.717) is 11.1 Å². The number of amides is 4. The molecule has 0 aromatic heterocycles. The van der Waals surface area contributed by atoms with Gasteiger partial charge in [0.1, 0.15) is 29.5 Å². The molecule has 2 aromatic rings. The van der Waals surface area contributed by atoms with Gasteiger partial charge in [-0.25, -0.2) is 0 Å². The first-order valence-electron chi connectivity index (χ1n) is 15.2. The quantitative estimate of drug-likeness (QED) is 0.106. The number of nitrogens with two attached hydrogens (primary N) is 1. The molecule has 15 nitrogen and oxygen atoms in total. The summed E-state index contributed by atoms with van der Waals surface area (Å²) in [5.74, 6) is -5.69. The fourth-order valence-electron chi connectivity index (χ4n) is 6.18. The Morgan fingerprint density at radius 3 is 1.86 bits per heavy atom. The summed E-state index contributed by atoms with van der Waals surface area (Å²) in [6, 6.07) is 9.26. The Labute approximate surface area is 347 Å². The first kappa shape index (κ1) is 45.0. The Bertz CT molecular complexity index is 1620. The van der Waals surface area contributed by atoms with E-state index in [1.165, 1.54) is 16.7 Å². The number of carboxylic acid groups (broad SMARTS) is 2. The molecule has 3 aliphatic heterocycles. The number of thioether (sulfide) groups is 2. The largest absolute Gasteiger partial charge is 1.00 e. The fraction of sp³-hybridized carbons (Fsp3) is 0.438. The van der Waals surface area contributed by atoms with Crippen LogP contribution in [0.5, 0.6) is 0 Å². The molecule has 3 heterocycles. The van der Waals surface area contributed by atoms with Gasteiger partial charge < -0.3 is 51.9 Å². The van der Waals surface area contributed by atoms with Crippen LogP contribution >= 0.6 is 23.5 Å². The van der Waals surface area contributed by atoms with E-state index in [1.807, 2.05) is 0 Å². The van der Waals surface area contributed by atoms with Crippen LogP contribution in [0.15, 0.2) is 60.7 Å². The van der Waals surface area contributed by atoms with Crippen LogP contribution in [0.1, 0.15) is 50.9 Å². The van der Waals surface area contributed by atoms with Crippen LogP contribution < -0.4 is 96.3 Å². The molecule has 0 spiro atoms. The van der Waals surface area contributed by atoms with E-state index < -0.39 is 92.1 Å². The van der Waals surface area contributed by atoms with Crippen LogP contribution in [0, 0.1) is 0 Å². The van der Waals surface area contributed by atoms with E-state index in [2.05, 4.69) is 21.3 Å². The molecular formula is C32H38N6Na2O9S2. The van der Waals surface area contributed by atoms with Crippen LogP contribution in [0.2, 0.25) is 0 Å². The van der Waals surface area contributed by atoms with E-state index in [0.717, 1.165) is 11.8 Å². The second kappa shape index (κ2) is 17.8. The van der Waals surface area contributed by atoms with Gasteiger partial charge in [0.25, 0.3) is 0 Å². The van der Waals surface area contributed by atoms with Crippen LogP contribution in [-0.4, -0.2) is 90.4 Å². The molecule has 3 fully saturated rings. The number of benzene rings is 2. The summed E-state index contributed by atoms with van der Waals surface area (Å²) in [7, 11) is 0. The van der Waals surface area contributed by atoms with Crippen molar-refractivity contribution < 1.29 is 104 Å². The van der Waals surface area contributed by atoms with Gasteiger partial charge >= 0.3 is 59.1 Å². The van der Waals surface area contributed by atoms with Gasteiger partial charge in [0.05, 0.1) is 29.4 Å². The van der Waals surface area contributed by atoms with Gasteiger partial charge in [-0.05, 0) is 38.8 Å². The third kappa shape index (κ3) is 9.32. The number of aliphatic carboxylic acids is 2. The number of carbonyl (C=O) groups is 6. The molecule has 19 heteroatoms. The van der Waals surface area contributed by atoms with Crippen LogP contribution in [-0.2, 0) is 28.8 Å². The Balaban J connectivity index is 0.00000300. The molecule has 0 saturated carbocycles. The molecule has 8 N–H and O–H groups in total. The van der Waals surface area contributed by atoms with Crippen molar-refractivity contribution >= 4 is 59.1 Å². The van der Waals surface area contributed by atoms with E-state index in [-0.39, 0.29) is 64.6 Å². The molecule has 0 aliphatic carbocycles. The van der Waals surface area contributed by atoms with Gasteiger partial charge in [0, 0.05) is 9.49 Å². The number of hydrogen-bond donors (Lipinski definition) is 5. The Hall–Kier alpha value is -2.16. The Morgan fingerprint density at radius 2 is 1.35 bits per heavy atom. The van der Waals surface area contributed by atoms with Gasteiger partial charge in [-0.3, -0.25) is 24.5 Å². The molecule has 0 bridgehead atoms. The number of hydrogen-bond acceptors (Lipinski definition) is 12. The SMILES string of the molecule is CC1(C)S[C@@H]2[C@H](NC(=O)[C@H](NC(=O)[C@H](NC(=O)[C@H](N)c3ccccc3)C3N[C@@H](C(=O)[O-])C(C)(C)S3)c3ccccc3)C(=O)N2[C@H]1C(=O)[O-].O.[Na+].[Na+]. The summed E-state index contributed by atoms with van der Waals surface area (Å²) in [5.41, 5.74) is 7.04. The van der Waals surface area contributed by atoms with Crippen LogP contribution in [0.4, 0.5) is 0 Å². The third-order valence-electron chi connectivity index (χ3n) is 8.66. The molecular weight excluding hydrogens is 722 g/mol. The van der Waals surface area contributed by atoms with E-state index in [1.54, 1.807) is 88.4 Å². The summed E-state index contributed by atoms with van der Waals surface area (Å²) in [4.78, 5) is 79.4. The maximum absolute atomic E-state index is 14.1. The Morgan fingerprint density at radius 1 is 0.804 bits per heavy atom. The minimum atomic E-state index is -1.42. The van der Waals surface area contributed by atoms with Gasteiger partial charge in [-0.2, -0.15) is 0 Å². The summed E-state index contributed by atoms with van der Waals surface area (Å²) in [6.45, 7) is 6.66. The minimum Gasteiger partial charge on any atom is -0.548 e. The van der Waals surface area contributed by atoms with Crippen molar-refractivity contribution in [1.29, 1.82) is 0 Å². The first-order valence-corrected chi connectivity index (χ1v) is 16.9. The summed E-state index contributed by atoms with van der Waals surface area (Å²) < 4.78 is -1.82. The summed E-state index contributed by atoms with van der Waals surface area (Å²) >= 11 is 2.32. The number of rotatable bonds is 11. The van der Waals surface area contributed by atoms with Crippen molar-refractivity contribution in [2.75, 3.05) is 0 Å². The molecule has 3 aliphatic rings. The molecule has 4 amide bonds. The molecule has 3 saturated heterocycles. The fourth-order valence-corrected chi connectivity index (χ4v) is 9.29. The average molecular weight is 761 g/mol. The number of fused-ring (bicyclic) bond motifs is 1. The Kier molecular flexibility index (Phi) is 15.7. The monoisotopic (exact) mass is 760 g/mol. The number of carbonyl (C=O) groups excluding carboxylic acids is 6. The van der Waals surface area contributed by atoms with Gasteiger partial charge in [-0.1, -0.05) is 60.7 Å². The molecule has 8 atom stereocenters. The van der Waals surface area contributed by atoms with Gasteiger partial charge in [0.15, 0.2) is 0 Å². The third-order valence-corrected chi connectivity index (χ3v) is 11.7. The molecule has 264 valence electrons. The van der Waals surface area contributed by atoms with Crippen molar-refractivity contribution in [2.24, 2.45) is 5.73 Å². The number of β-lactam (4-membered cyclic amide) rings is 1. The van der Waals surface area contributed by atoms with Crippen molar-refractivity contribution in [3.05, 3.63) is 71.8 Å². The average Bonchev–Trinajstić information content (AvgIpc) is 3.50. The summed E-state index contributed by atoms with van der Waals surface area (Å²) in [5, 5.41) is 33.0. The predicted octanol–water partition coefficient (Wildman–Crippen LogP) is -8.93. The van der Waals surface area contributed by atoms with Crippen LogP contribution in [0.25, 0.3) is 0 Å². The topological polar surface area (TPSA) is 257 Å². The maximum Gasteiger partial charge on any atom is 1.00 e. The number of carboxylic acids is 2. The first-order chi connectivity index (χ1) is 22.5. The molecule has 5 rings (SSSR count). The van der Waals surface area contributed by atoms with Crippen molar-refractivity contribution in [1.82, 2.24) is 26.2 Å². The second-order valence-corrected chi connectivity index (χ2v) is 16.4. The zero-order valence-corrected chi connectivity index (χ0v) is 34.6. The van der Waals surface area contributed by atoms with Crippen molar-refractivity contribution in [3.63, 3.8) is 0 Å². The van der Waals surface area contributed by atoms with E-state index in [4.69, 9.17) is 5.73 Å². The second-order valence-electron chi connectivity index (χ2n) is 12.9. The standard InChI is InChI=1S/C32H38N6O8S2.2Na.H2O/c1-31(2)21(29(43)44)37-26(47-31)19(35-23(39)17(33)15-11-7-5-8-12-15)25(41)34-18(16-13-9-6-10-14-16)24(40)36-20-27(42)38-22(30(45)46)32(3,4)48-28(20)38;;;/h5-14,17-22,26,28,37H,33H2,1-4H3,(H,34,41)(H,35,39)(H,36,40)(H,43,44)(H,45,46);;;1H2/q;2*+1;/p-2/t17-,18-,19+,20-,21+,22+,26?,28-;;;/m1.../s1. The number of nitrogens with one attached hydrogen (secondary N) is 4. The zero-order valence-electron chi connectivity index (χ0n) is 29.0. The minimum absolute atomic E-state index is 0. The molecule has 1 unspecified atom stereocenters. The zero-order chi connectivity index (χ0) is 35.1. The van der Waals surface area contributed by atoms with Gasteiger partial charge in [0.2, 0.25) is 23.6 Å². The molecule has 0 radical (unpaired) electrons. The number of nitrogens with zero attached hydrogens (tertiary/aromatic N) is 1. The molecule has 51 heavy (non-hydrogen) atoms. The smallest absolute Gasteiger partial charge is 0.548 e. The van der Waals surface area contributed by atoms with E-state index >= 15 is 0 Å². The summed E-state index contributed by atoms with van der Waals surface area (Å²) in [6.07, 6.45) is 0. The normalized spacial score (nSPS) is 25.5.